The van der Waals surface area contributed by atoms with Gasteiger partial charge in [0.15, 0.2) is 5.58 Å². The largest absolute Gasteiger partial charge is 0.422 e. The Kier molecular flexibility index (Phi) is 3.42. The van der Waals surface area contributed by atoms with Crippen LogP contribution in [0.5, 0.6) is 0 Å². The van der Waals surface area contributed by atoms with Gasteiger partial charge in [-0.25, -0.2) is 4.79 Å². The van der Waals surface area contributed by atoms with Crippen molar-refractivity contribution in [2.75, 3.05) is 6.54 Å². The molecule has 0 aliphatic heterocycles. The van der Waals surface area contributed by atoms with Crippen molar-refractivity contribution >= 4 is 29.1 Å². The van der Waals surface area contributed by atoms with Crippen molar-refractivity contribution in [1.29, 1.82) is 0 Å². The Morgan fingerprint density at radius 3 is 3.00 bits per heavy atom. The SMILES string of the molecule is CCNC(=O)NC(N)=Nc1nc2ccccc2o1. The van der Waals surface area contributed by atoms with Crippen molar-refractivity contribution < 1.29 is 9.21 Å². The van der Waals surface area contributed by atoms with Crippen LogP contribution in [0.1, 0.15) is 6.92 Å². The van der Waals surface area contributed by atoms with Crippen molar-refractivity contribution in [3.63, 3.8) is 0 Å². The summed E-state index contributed by atoms with van der Waals surface area (Å²) in [6.07, 6.45) is 0. The van der Waals surface area contributed by atoms with Crippen LogP contribution in [0, 0.1) is 0 Å². The number of carbonyl (C=O) groups is 1. The molecule has 0 radical (unpaired) electrons. The molecule has 2 aromatic rings. The fourth-order valence-electron chi connectivity index (χ4n) is 1.36. The van der Waals surface area contributed by atoms with Crippen LogP contribution in [0.4, 0.5) is 10.8 Å². The maximum atomic E-state index is 11.2. The monoisotopic (exact) mass is 247 g/mol. The molecule has 18 heavy (non-hydrogen) atoms. The topological polar surface area (TPSA) is 106 Å². The van der Waals surface area contributed by atoms with Gasteiger partial charge in [0.1, 0.15) is 5.52 Å². The predicted molar refractivity (Wildman–Crippen MR) is 67.5 cm³/mol. The fraction of sp³-hybridized carbons (Fsp3) is 0.182. The Morgan fingerprint density at radius 1 is 1.50 bits per heavy atom. The smallest absolute Gasteiger partial charge is 0.325 e. The number of para-hydroxylation sites is 2. The molecule has 1 heterocycles. The van der Waals surface area contributed by atoms with Gasteiger partial charge in [0.05, 0.1) is 0 Å². The molecule has 0 saturated heterocycles. The minimum Gasteiger partial charge on any atom is -0.422 e. The predicted octanol–water partition coefficient (Wildman–Crippen LogP) is 1.09. The van der Waals surface area contributed by atoms with E-state index in [2.05, 4.69) is 20.6 Å². The quantitative estimate of drug-likeness (QED) is 0.545. The lowest BCUT2D eigenvalue weighted by Crippen LogP contribution is -2.43. The van der Waals surface area contributed by atoms with Crippen LogP contribution in [0.3, 0.4) is 0 Å². The van der Waals surface area contributed by atoms with Crippen LogP contribution < -0.4 is 16.4 Å². The van der Waals surface area contributed by atoms with Gasteiger partial charge in [-0.1, -0.05) is 12.1 Å². The van der Waals surface area contributed by atoms with E-state index in [1.165, 1.54) is 0 Å². The number of hydrogen-bond donors (Lipinski definition) is 3. The van der Waals surface area contributed by atoms with E-state index in [4.69, 9.17) is 10.2 Å². The van der Waals surface area contributed by atoms with E-state index < -0.39 is 6.03 Å². The van der Waals surface area contributed by atoms with E-state index in [0.717, 1.165) is 0 Å². The molecule has 0 bridgehead atoms. The molecule has 0 atom stereocenters. The Morgan fingerprint density at radius 2 is 2.28 bits per heavy atom. The van der Waals surface area contributed by atoms with Gasteiger partial charge in [-0.3, -0.25) is 5.32 Å². The summed E-state index contributed by atoms with van der Waals surface area (Å²) in [5.41, 5.74) is 6.83. The third-order valence-corrected chi connectivity index (χ3v) is 2.08. The van der Waals surface area contributed by atoms with Crippen LogP contribution in [-0.4, -0.2) is 23.5 Å². The lowest BCUT2D eigenvalue weighted by molar-refractivity contribution is 0.245. The second-order valence-electron chi connectivity index (χ2n) is 3.45. The van der Waals surface area contributed by atoms with E-state index in [0.29, 0.717) is 17.6 Å². The first-order valence-corrected chi connectivity index (χ1v) is 5.43. The standard InChI is InChI=1S/C11H13N5O2/c1-2-13-10(17)15-9(12)16-11-14-7-5-3-4-6-8(7)18-11/h3-6H,2H2,1H3,(H4,12,13,14,15,16,17). The van der Waals surface area contributed by atoms with Crippen LogP contribution >= 0.6 is 0 Å². The molecular formula is C11H13N5O2. The van der Waals surface area contributed by atoms with Crippen molar-refractivity contribution in [2.45, 2.75) is 6.92 Å². The maximum absolute atomic E-state index is 11.2. The molecule has 4 N–H and O–H groups in total. The first-order valence-electron chi connectivity index (χ1n) is 5.43. The number of amides is 2. The van der Waals surface area contributed by atoms with Crippen molar-refractivity contribution in [2.24, 2.45) is 10.7 Å². The zero-order chi connectivity index (χ0) is 13.0. The number of aromatic nitrogens is 1. The molecule has 2 rings (SSSR count). The van der Waals surface area contributed by atoms with Crippen LogP contribution in [0.2, 0.25) is 0 Å². The van der Waals surface area contributed by atoms with Crippen LogP contribution in [0.25, 0.3) is 11.1 Å². The highest BCUT2D eigenvalue weighted by Crippen LogP contribution is 2.19. The summed E-state index contributed by atoms with van der Waals surface area (Å²) >= 11 is 0. The minimum absolute atomic E-state index is 0.0764. The third-order valence-electron chi connectivity index (χ3n) is 2.08. The number of urea groups is 1. The van der Waals surface area contributed by atoms with Gasteiger partial charge in [-0.2, -0.15) is 9.98 Å². The Balaban J connectivity index is 2.14. The minimum atomic E-state index is -0.421. The number of aliphatic imine (C=N–C) groups is 1. The number of hydrogen-bond acceptors (Lipinski definition) is 4. The molecule has 0 spiro atoms. The highest BCUT2D eigenvalue weighted by atomic mass is 16.4. The highest BCUT2D eigenvalue weighted by Gasteiger charge is 2.05. The summed E-state index contributed by atoms with van der Waals surface area (Å²) in [6, 6.07) is 6.92. The number of nitrogens with one attached hydrogen (secondary N) is 2. The number of oxazole rings is 1. The number of nitrogens with two attached hydrogens (primary N) is 1. The van der Waals surface area contributed by atoms with Gasteiger partial charge >= 0.3 is 12.0 Å². The number of benzene rings is 1. The summed E-state index contributed by atoms with van der Waals surface area (Å²) in [6.45, 7) is 2.30. The first-order chi connectivity index (χ1) is 8.69. The van der Waals surface area contributed by atoms with Crippen LogP contribution in [0.15, 0.2) is 33.7 Å². The van der Waals surface area contributed by atoms with Gasteiger partial charge in [-0.05, 0) is 19.1 Å². The Hall–Kier alpha value is -2.57. The molecule has 0 unspecified atom stereocenters. The van der Waals surface area contributed by atoms with Crippen LogP contribution in [-0.2, 0) is 0 Å². The maximum Gasteiger partial charge on any atom is 0.325 e. The number of nitrogens with zero attached hydrogens (tertiary/aromatic N) is 2. The Bertz CT molecular complexity index is 557. The molecule has 0 fully saturated rings. The molecule has 2 amide bonds. The van der Waals surface area contributed by atoms with Gasteiger partial charge < -0.3 is 15.5 Å². The molecule has 1 aromatic heterocycles. The molecule has 7 heteroatoms. The molecule has 0 saturated carbocycles. The van der Waals surface area contributed by atoms with E-state index in [1.54, 1.807) is 19.1 Å². The number of carbonyl (C=O) groups excluding carboxylic acids is 1. The summed E-state index contributed by atoms with van der Waals surface area (Å²) in [7, 11) is 0. The van der Waals surface area contributed by atoms with E-state index in [9.17, 15) is 4.79 Å². The second-order valence-corrected chi connectivity index (χ2v) is 3.45. The first kappa shape index (κ1) is 11.9. The van der Waals surface area contributed by atoms with Crippen molar-refractivity contribution in [1.82, 2.24) is 15.6 Å². The zero-order valence-electron chi connectivity index (χ0n) is 9.80. The lowest BCUT2D eigenvalue weighted by Gasteiger charge is -2.02. The molecule has 0 aliphatic rings. The summed E-state index contributed by atoms with van der Waals surface area (Å²) in [4.78, 5) is 19.1. The number of rotatable bonds is 2. The van der Waals surface area contributed by atoms with Gasteiger partial charge in [0, 0.05) is 6.54 Å². The van der Waals surface area contributed by atoms with Gasteiger partial charge in [0.25, 0.3) is 0 Å². The van der Waals surface area contributed by atoms with E-state index >= 15 is 0 Å². The van der Waals surface area contributed by atoms with E-state index in [-0.39, 0.29) is 12.0 Å². The number of fused-ring (bicyclic) bond motifs is 1. The lowest BCUT2D eigenvalue weighted by atomic mass is 10.3. The number of guanidine groups is 1. The Labute approximate surface area is 103 Å². The highest BCUT2D eigenvalue weighted by molar-refractivity contribution is 5.96. The molecular weight excluding hydrogens is 234 g/mol. The fourth-order valence-corrected chi connectivity index (χ4v) is 1.36. The average Bonchev–Trinajstić information content (AvgIpc) is 2.70. The summed E-state index contributed by atoms with van der Waals surface area (Å²) in [5, 5.41) is 4.88. The summed E-state index contributed by atoms with van der Waals surface area (Å²) < 4.78 is 5.33. The zero-order valence-corrected chi connectivity index (χ0v) is 9.80. The molecule has 94 valence electrons. The molecule has 0 aliphatic carbocycles. The van der Waals surface area contributed by atoms with Gasteiger partial charge in [-0.15, -0.1) is 0 Å². The third kappa shape index (κ3) is 2.76. The second kappa shape index (κ2) is 5.17. The molecule has 1 aromatic carbocycles. The van der Waals surface area contributed by atoms with Crippen molar-refractivity contribution in [3.05, 3.63) is 24.3 Å². The van der Waals surface area contributed by atoms with E-state index in [1.807, 2.05) is 12.1 Å². The normalized spacial score (nSPS) is 11.5. The molecule has 7 nitrogen and oxygen atoms in total. The van der Waals surface area contributed by atoms with Crippen molar-refractivity contribution in [3.8, 4) is 0 Å². The summed E-state index contributed by atoms with van der Waals surface area (Å²) in [5.74, 6) is -0.0764. The van der Waals surface area contributed by atoms with Gasteiger partial charge in [0.2, 0.25) is 5.96 Å². The average molecular weight is 247 g/mol.